The zero-order valence-electron chi connectivity index (χ0n) is 13.2. The summed E-state index contributed by atoms with van der Waals surface area (Å²) in [6.07, 6.45) is 0.426. The second kappa shape index (κ2) is 7.50. The minimum atomic E-state index is -1.14. The van der Waals surface area contributed by atoms with Crippen molar-refractivity contribution in [2.75, 3.05) is 6.61 Å². The summed E-state index contributed by atoms with van der Waals surface area (Å²) in [6.45, 7) is 4.60. The first-order valence-corrected chi connectivity index (χ1v) is 7.46. The zero-order chi connectivity index (χ0) is 16.8. The van der Waals surface area contributed by atoms with Gasteiger partial charge < -0.3 is 14.3 Å². The van der Waals surface area contributed by atoms with Crippen LogP contribution in [-0.2, 0) is 0 Å². The van der Waals surface area contributed by atoms with Gasteiger partial charge >= 0.3 is 5.97 Å². The molecule has 0 saturated heterocycles. The maximum atomic E-state index is 10.8. The van der Waals surface area contributed by atoms with Crippen molar-refractivity contribution in [3.8, 4) is 11.8 Å². The van der Waals surface area contributed by atoms with Crippen molar-refractivity contribution in [2.24, 2.45) is 0 Å². The van der Waals surface area contributed by atoms with Gasteiger partial charge in [0.1, 0.15) is 17.4 Å². The van der Waals surface area contributed by atoms with Gasteiger partial charge in [0.2, 0.25) is 5.76 Å². The van der Waals surface area contributed by atoms with Gasteiger partial charge in [0.25, 0.3) is 0 Å². The number of hydrogen-bond donors (Lipinski definition) is 1. The molecule has 23 heavy (non-hydrogen) atoms. The third-order valence-electron chi connectivity index (χ3n) is 3.56. The summed E-state index contributed by atoms with van der Waals surface area (Å²) in [4.78, 5) is 10.8. The van der Waals surface area contributed by atoms with Crippen molar-refractivity contribution in [3.63, 3.8) is 0 Å². The molecule has 0 amide bonds. The fraction of sp³-hybridized carbons (Fsp3) is 0.333. The van der Waals surface area contributed by atoms with Gasteiger partial charge in [0.15, 0.2) is 0 Å². The number of aromatic carboxylic acids is 1. The Morgan fingerprint density at radius 3 is 2.48 bits per heavy atom. The molecule has 1 N–H and O–H groups in total. The zero-order valence-corrected chi connectivity index (χ0v) is 13.2. The van der Waals surface area contributed by atoms with E-state index in [0.29, 0.717) is 24.7 Å². The van der Waals surface area contributed by atoms with Gasteiger partial charge in [-0.25, -0.2) is 4.79 Å². The molecule has 1 unspecified atom stereocenters. The Morgan fingerprint density at radius 2 is 1.96 bits per heavy atom. The third-order valence-corrected chi connectivity index (χ3v) is 3.56. The second-order valence-electron chi connectivity index (χ2n) is 5.55. The van der Waals surface area contributed by atoms with Gasteiger partial charge in [-0.1, -0.05) is 26.0 Å². The van der Waals surface area contributed by atoms with Crippen LogP contribution in [0.2, 0.25) is 0 Å². The van der Waals surface area contributed by atoms with Crippen LogP contribution in [0.3, 0.4) is 0 Å². The Balaban J connectivity index is 1.90. The van der Waals surface area contributed by atoms with Crippen molar-refractivity contribution >= 4 is 5.97 Å². The van der Waals surface area contributed by atoms with E-state index in [1.165, 1.54) is 17.7 Å². The van der Waals surface area contributed by atoms with Gasteiger partial charge in [0.05, 0.1) is 12.7 Å². The number of ether oxygens (including phenoxy) is 1. The first kappa shape index (κ1) is 16.6. The molecule has 0 radical (unpaired) electrons. The molecule has 0 aliphatic carbocycles. The standard InChI is InChI=1S/C18H19NO4/c1-12(2)13-3-5-15(6-4-13)22-10-9-14(11-19)16-7-8-17(23-16)18(20)21/h3-8,12,14H,9-10H2,1-2H3,(H,20,21). The van der Waals surface area contributed by atoms with E-state index in [9.17, 15) is 10.1 Å². The Labute approximate surface area is 135 Å². The molecule has 0 fully saturated rings. The Bertz CT molecular complexity index is 695. The molecule has 5 nitrogen and oxygen atoms in total. The smallest absolute Gasteiger partial charge is 0.371 e. The van der Waals surface area contributed by atoms with Crippen molar-refractivity contribution in [2.45, 2.75) is 32.1 Å². The summed E-state index contributed by atoms with van der Waals surface area (Å²) in [7, 11) is 0. The molecule has 2 rings (SSSR count). The van der Waals surface area contributed by atoms with Crippen LogP contribution in [0.4, 0.5) is 0 Å². The lowest BCUT2D eigenvalue weighted by Gasteiger charge is -2.10. The molecule has 5 heteroatoms. The van der Waals surface area contributed by atoms with Crippen LogP contribution >= 0.6 is 0 Å². The van der Waals surface area contributed by atoms with Crippen molar-refractivity contribution in [3.05, 3.63) is 53.5 Å². The summed E-state index contributed by atoms with van der Waals surface area (Å²) < 4.78 is 10.8. The number of carbonyl (C=O) groups is 1. The summed E-state index contributed by atoms with van der Waals surface area (Å²) in [6, 6.07) is 12.9. The average molecular weight is 313 g/mol. The van der Waals surface area contributed by atoms with Crippen LogP contribution in [0.25, 0.3) is 0 Å². The van der Waals surface area contributed by atoms with Gasteiger partial charge in [-0.05, 0) is 35.7 Å². The van der Waals surface area contributed by atoms with Crippen molar-refractivity contribution in [1.82, 2.24) is 0 Å². The molecule has 2 aromatic rings. The number of nitriles is 1. The molecule has 0 saturated carbocycles. The van der Waals surface area contributed by atoms with E-state index in [-0.39, 0.29) is 5.76 Å². The van der Waals surface area contributed by atoms with Crippen LogP contribution in [0, 0.1) is 11.3 Å². The van der Waals surface area contributed by atoms with E-state index in [1.807, 2.05) is 24.3 Å². The number of nitrogens with zero attached hydrogens (tertiary/aromatic N) is 1. The van der Waals surface area contributed by atoms with Gasteiger partial charge in [-0.2, -0.15) is 5.26 Å². The highest BCUT2D eigenvalue weighted by atomic mass is 16.5. The number of benzene rings is 1. The van der Waals surface area contributed by atoms with Gasteiger partial charge in [-0.3, -0.25) is 0 Å². The number of rotatable bonds is 7. The van der Waals surface area contributed by atoms with Crippen LogP contribution in [0.1, 0.15) is 54.0 Å². The van der Waals surface area contributed by atoms with Crippen LogP contribution in [0.15, 0.2) is 40.8 Å². The maximum Gasteiger partial charge on any atom is 0.371 e. The normalized spacial score (nSPS) is 11.9. The summed E-state index contributed by atoms with van der Waals surface area (Å²) in [5, 5.41) is 18.0. The molecular weight excluding hydrogens is 294 g/mol. The van der Waals surface area contributed by atoms with E-state index in [1.54, 1.807) is 0 Å². The molecule has 120 valence electrons. The minimum absolute atomic E-state index is 0.162. The predicted octanol–water partition coefficient (Wildman–Crippen LogP) is 4.18. The average Bonchev–Trinajstić information content (AvgIpc) is 3.02. The van der Waals surface area contributed by atoms with E-state index in [2.05, 4.69) is 19.9 Å². The SMILES string of the molecule is CC(C)c1ccc(OCCC(C#N)c2ccc(C(=O)O)o2)cc1. The topological polar surface area (TPSA) is 83.5 Å². The summed E-state index contributed by atoms with van der Waals surface area (Å²) >= 11 is 0. The highest BCUT2D eigenvalue weighted by molar-refractivity contribution is 5.84. The monoisotopic (exact) mass is 313 g/mol. The van der Waals surface area contributed by atoms with Crippen LogP contribution in [-0.4, -0.2) is 17.7 Å². The fourth-order valence-electron chi connectivity index (χ4n) is 2.17. The quantitative estimate of drug-likeness (QED) is 0.829. The van der Waals surface area contributed by atoms with Crippen LogP contribution < -0.4 is 4.74 Å². The number of furan rings is 1. The molecule has 1 atom stereocenters. The second-order valence-corrected chi connectivity index (χ2v) is 5.55. The van der Waals surface area contributed by atoms with E-state index < -0.39 is 11.9 Å². The number of carboxylic acid groups (broad SMARTS) is 1. The highest BCUT2D eigenvalue weighted by Crippen LogP contribution is 2.23. The molecular formula is C18H19NO4. The van der Waals surface area contributed by atoms with Crippen molar-refractivity contribution < 1.29 is 19.1 Å². The van der Waals surface area contributed by atoms with Gasteiger partial charge in [0, 0.05) is 6.42 Å². The molecule has 0 aliphatic heterocycles. The van der Waals surface area contributed by atoms with Crippen molar-refractivity contribution in [1.29, 1.82) is 5.26 Å². The predicted molar refractivity (Wildman–Crippen MR) is 84.7 cm³/mol. The lowest BCUT2D eigenvalue weighted by Crippen LogP contribution is -2.04. The maximum absolute atomic E-state index is 10.8. The lowest BCUT2D eigenvalue weighted by atomic mass is 10.0. The number of carboxylic acids is 1. The molecule has 0 bridgehead atoms. The van der Waals surface area contributed by atoms with E-state index >= 15 is 0 Å². The fourth-order valence-corrected chi connectivity index (χ4v) is 2.17. The Morgan fingerprint density at radius 1 is 1.26 bits per heavy atom. The van der Waals surface area contributed by atoms with E-state index in [4.69, 9.17) is 14.3 Å². The van der Waals surface area contributed by atoms with E-state index in [0.717, 1.165) is 5.75 Å². The number of hydrogen-bond acceptors (Lipinski definition) is 4. The van der Waals surface area contributed by atoms with Crippen LogP contribution in [0.5, 0.6) is 5.75 Å². The largest absolute Gasteiger partial charge is 0.494 e. The molecule has 1 aromatic carbocycles. The molecule has 1 aromatic heterocycles. The molecule has 0 aliphatic rings. The first-order valence-electron chi connectivity index (χ1n) is 7.46. The highest BCUT2D eigenvalue weighted by Gasteiger charge is 2.17. The molecule has 0 spiro atoms. The lowest BCUT2D eigenvalue weighted by molar-refractivity contribution is 0.0660. The third kappa shape index (κ3) is 4.36. The summed E-state index contributed by atoms with van der Waals surface area (Å²) in [5.74, 6) is -0.271. The van der Waals surface area contributed by atoms with Gasteiger partial charge in [-0.15, -0.1) is 0 Å². The minimum Gasteiger partial charge on any atom is -0.494 e. The summed E-state index contributed by atoms with van der Waals surface area (Å²) in [5.41, 5.74) is 1.24. The Kier molecular flexibility index (Phi) is 5.42. The molecule has 1 heterocycles. The Hall–Kier alpha value is -2.74. The first-order chi connectivity index (χ1) is 11.0.